The van der Waals surface area contributed by atoms with Gasteiger partial charge >= 0.3 is 0 Å². The molecule has 2 heterocycles. The maximum absolute atomic E-state index is 12.1. The van der Waals surface area contributed by atoms with Gasteiger partial charge in [0, 0.05) is 35.1 Å². The number of nitrogens with zero attached hydrogens (tertiary/aromatic N) is 4. The predicted molar refractivity (Wildman–Crippen MR) is 108 cm³/mol. The van der Waals surface area contributed by atoms with Crippen LogP contribution in [0.2, 0.25) is 5.02 Å². The molecule has 0 saturated heterocycles. The molecule has 3 N–H and O–H groups in total. The second-order valence-corrected chi connectivity index (χ2v) is 6.73. The Balaban J connectivity index is 1.98. The minimum absolute atomic E-state index is 0.201. The van der Waals surface area contributed by atoms with E-state index in [9.17, 15) is 10.1 Å². The lowest BCUT2D eigenvalue weighted by molar-refractivity contribution is 0.776. The van der Waals surface area contributed by atoms with Gasteiger partial charge in [-0.2, -0.15) is 15.5 Å². The molecule has 0 aliphatic heterocycles. The van der Waals surface area contributed by atoms with Crippen molar-refractivity contribution in [3.63, 3.8) is 0 Å². The van der Waals surface area contributed by atoms with Crippen LogP contribution in [0.15, 0.2) is 47.4 Å². The van der Waals surface area contributed by atoms with Crippen molar-refractivity contribution in [2.24, 2.45) is 12.8 Å². The average molecular weight is 391 g/mol. The summed E-state index contributed by atoms with van der Waals surface area (Å²) < 4.78 is 1.71. The number of benzene rings is 2. The van der Waals surface area contributed by atoms with E-state index in [-0.39, 0.29) is 12.1 Å². The lowest BCUT2D eigenvalue weighted by Gasteiger charge is -2.10. The van der Waals surface area contributed by atoms with Crippen molar-refractivity contribution in [3.05, 3.63) is 69.2 Å². The fourth-order valence-corrected chi connectivity index (χ4v) is 3.50. The van der Waals surface area contributed by atoms with Gasteiger partial charge in [0.2, 0.25) is 0 Å². The highest BCUT2D eigenvalue weighted by Gasteiger charge is 2.17. The summed E-state index contributed by atoms with van der Waals surface area (Å²) in [7, 11) is 1.81. The van der Waals surface area contributed by atoms with Crippen LogP contribution >= 0.6 is 11.6 Å². The van der Waals surface area contributed by atoms with Crippen LogP contribution in [-0.4, -0.2) is 20.0 Å². The largest absolute Gasteiger partial charge is 0.325 e. The molecule has 28 heavy (non-hydrogen) atoms. The van der Waals surface area contributed by atoms with E-state index in [0.29, 0.717) is 27.1 Å². The summed E-state index contributed by atoms with van der Waals surface area (Å²) in [5.74, 6) is 0. The van der Waals surface area contributed by atoms with Crippen molar-refractivity contribution < 1.29 is 0 Å². The van der Waals surface area contributed by atoms with Gasteiger partial charge in [-0.05, 0) is 35.9 Å². The molecule has 4 rings (SSSR count). The zero-order valence-electron chi connectivity index (χ0n) is 14.9. The number of aromatic amines is 1. The summed E-state index contributed by atoms with van der Waals surface area (Å²) >= 11 is 6.04. The van der Waals surface area contributed by atoms with Gasteiger partial charge < -0.3 is 5.73 Å². The first-order valence-corrected chi connectivity index (χ1v) is 8.85. The van der Waals surface area contributed by atoms with E-state index in [1.807, 2.05) is 19.2 Å². The monoisotopic (exact) mass is 390 g/mol. The zero-order chi connectivity index (χ0) is 19.8. The highest BCUT2D eigenvalue weighted by Crippen LogP contribution is 2.35. The first-order chi connectivity index (χ1) is 13.5. The molecule has 0 saturated carbocycles. The van der Waals surface area contributed by atoms with E-state index in [1.54, 1.807) is 35.1 Å². The normalized spacial score (nSPS) is 10.9. The van der Waals surface area contributed by atoms with E-state index < -0.39 is 0 Å². The minimum Gasteiger partial charge on any atom is -0.325 e. The number of aryl methyl sites for hydroxylation is 1. The molecule has 0 radical (unpaired) electrons. The third-order valence-corrected chi connectivity index (χ3v) is 4.90. The van der Waals surface area contributed by atoms with E-state index >= 15 is 0 Å². The quantitative estimate of drug-likeness (QED) is 0.558. The molecular weight excluding hydrogens is 376 g/mol. The van der Waals surface area contributed by atoms with Gasteiger partial charge in [-0.25, -0.2) is 5.10 Å². The van der Waals surface area contributed by atoms with Crippen molar-refractivity contribution in [3.8, 4) is 28.5 Å². The number of nitrogens with one attached hydrogen (secondary N) is 1. The smallest absolute Gasteiger partial charge is 0.272 e. The molecule has 138 valence electrons. The summed E-state index contributed by atoms with van der Waals surface area (Å²) in [6, 6.07) is 12.8. The third kappa shape index (κ3) is 2.85. The van der Waals surface area contributed by atoms with Crippen LogP contribution in [-0.2, 0) is 13.6 Å². The van der Waals surface area contributed by atoms with E-state index in [1.165, 1.54) is 0 Å². The van der Waals surface area contributed by atoms with Gasteiger partial charge in [0.05, 0.1) is 34.6 Å². The molecule has 0 aliphatic rings. The number of fused-ring (bicyclic) bond motifs is 1. The van der Waals surface area contributed by atoms with Crippen molar-refractivity contribution >= 4 is 22.4 Å². The third-order valence-electron chi connectivity index (χ3n) is 4.67. The van der Waals surface area contributed by atoms with Crippen LogP contribution in [0.5, 0.6) is 0 Å². The second kappa shape index (κ2) is 6.93. The number of nitrogens with two attached hydrogens (primary N) is 1. The topological polar surface area (TPSA) is 113 Å². The maximum atomic E-state index is 12.1. The number of hydrogen-bond acceptors (Lipinski definition) is 5. The van der Waals surface area contributed by atoms with Crippen LogP contribution in [0.4, 0.5) is 0 Å². The molecule has 0 spiro atoms. The van der Waals surface area contributed by atoms with Crippen LogP contribution in [0.3, 0.4) is 0 Å². The summed E-state index contributed by atoms with van der Waals surface area (Å²) in [4.78, 5) is 12.1. The Morgan fingerprint density at radius 1 is 1.21 bits per heavy atom. The number of nitriles is 1. The fourth-order valence-electron chi connectivity index (χ4n) is 3.33. The van der Waals surface area contributed by atoms with Crippen LogP contribution in [0.25, 0.3) is 33.2 Å². The van der Waals surface area contributed by atoms with Crippen molar-refractivity contribution in [2.75, 3.05) is 0 Å². The van der Waals surface area contributed by atoms with Crippen LogP contribution in [0, 0.1) is 11.3 Å². The molecule has 2 aromatic heterocycles. The summed E-state index contributed by atoms with van der Waals surface area (Å²) in [6.45, 7) is 0.201. The predicted octanol–water partition coefficient (Wildman–Crippen LogP) is 2.97. The van der Waals surface area contributed by atoms with Crippen molar-refractivity contribution in [1.29, 1.82) is 5.26 Å². The first-order valence-electron chi connectivity index (χ1n) is 8.47. The number of H-pyrrole nitrogens is 1. The number of aromatic nitrogens is 4. The molecule has 8 heteroatoms. The fraction of sp³-hybridized carbons (Fsp3) is 0.100. The molecule has 0 aliphatic carbocycles. The van der Waals surface area contributed by atoms with Crippen LogP contribution < -0.4 is 11.3 Å². The Labute approximate surface area is 165 Å². The second-order valence-electron chi connectivity index (χ2n) is 6.30. The molecule has 0 atom stereocenters. The first kappa shape index (κ1) is 17.9. The average Bonchev–Trinajstić information content (AvgIpc) is 3.09. The Morgan fingerprint density at radius 2 is 2.04 bits per heavy atom. The molecule has 0 bridgehead atoms. The Kier molecular flexibility index (Phi) is 4.43. The van der Waals surface area contributed by atoms with E-state index in [2.05, 4.69) is 21.4 Å². The highest BCUT2D eigenvalue weighted by molar-refractivity contribution is 6.30. The summed E-state index contributed by atoms with van der Waals surface area (Å²) in [6.07, 6.45) is 1.73. The lowest BCUT2D eigenvalue weighted by atomic mass is 9.96. The zero-order valence-corrected chi connectivity index (χ0v) is 15.7. The SMILES string of the molecule is Cn1ncc(-c2ccc3c(=O)[nH]nc(CN)c3c2)c1-c1ccc(Cl)cc1C#N. The lowest BCUT2D eigenvalue weighted by Crippen LogP contribution is -2.13. The molecule has 2 aromatic carbocycles. The Bertz CT molecular complexity index is 1310. The van der Waals surface area contributed by atoms with Crippen molar-refractivity contribution in [2.45, 2.75) is 6.54 Å². The van der Waals surface area contributed by atoms with Crippen molar-refractivity contribution in [1.82, 2.24) is 20.0 Å². The highest BCUT2D eigenvalue weighted by atomic mass is 35.5. The summed E-state index contributed by atoms with van der Waals surface area (Å²) in [5, 5.41) is 22.1. The van der Waals surface area contributed by atoms with Crippen LogP contribution in [0.1, 0.15) is 11.3 Å². The molecule has 0 amide bonds. The maximum Gasteiger partial charge on any atom is 0.272 e. The molecule has 7 nitrogen and oxygen atoms in total. The Morgan fingerprint density at radius 3 is 2.79 bits per heavy atom. The number of rotatable bonds is 3. The van der Waals surface area contributed by atoms with Gasteiger partial charge in [0.1, 0.15) is 0 Å². The van der Waals surface area contributed by atoms with E-state index in [0.717, 1.165) is 22.4 Å². The van der Waals surface area contributed by atoms with Gasteiger partial charge in [0.15, 0.2) is 0 Å². The van der Waals surface area contributed by atoms with Gasteiger partial charge in [-0.3, -0.25) is 9.48 Å². The molecular formula is C20H15ClN6O. The molecule has 0 fully saturated rings. The minimum atomic E-state index is -0.269. The van der Waals surface area contributed by atoms with E-state index in [4.69, 9.17) is 17.3 Å². The van der Waals surface area contributed by atoms with Gasteiger partial charge in [-0.1, -0.05) is 17.7 Å². The Hall–Kier alpha value is -3.47. The van der Waals surface area contributed by atoms with Gasteiger partial charge in [0.25, 0.3) is 5.56 Å². The number of halogens is 1. The standard InChI is InChI=1S/C20H15ClN6O/c1-27-19(14-5-3-13(21)6-12(14)8-22)17(10-24-27)11-2-4-15-16(7-11)18(9-23)25-26-20(15)28/h2-7,10H,9,23H2,1H3,(H,26,28). The molecule has 0 unspecified atom stereocenters. The molecule has 4 aromatic rings. The number of hydrogen-bond donors (Lipinski definition) is 2. The summed E-state index contributed by atoms with van der Waals surface area (Å²) in [5.41, 5.74) is 9.75. The van der Waals surface area contributed by atoms with Gasteiger partial charge in [-0.15, -0.1) is 0 Å².